The zero-order valence-corrected chi connectivity index (χ0v) is 15.5. The third-order valence-electron chi connectivity index (χ3n) is 5.37. The highest BCUT2D eigenvalue weighted by atomic mass is 19.1. The SMILES string of the molecule is O=C(O)NC(C(=O)N1CC(c2cc(F)ccc2F)=C[C@H]1c1ccccc1)C1CC1. The topological polar surface area (TPSA) is 69.6 Å². The van der Waals surface area contributed by atoms with Gasteiger partial charge in [0, 0.05) is 12.1 Å². The molecule has 1 aliphatic heterocycles. The molecule has 2 atom stereocenters. The van der Waals surface area contributed by atoms with Crippen molar-refractivity contribution in [2.24, 2.45) is 5.92 Å². The van der Waals surface area contributed by atoms with E-state index in [1.165, 1.54) is 4.90 Å². The molecule has 2 amide bonds. The Balaban J connectivity index is 1.70. The molecular weight excluding hydrogens is 378 g/mol. The van der Waals surface area contributed by atoms with Crippen LogP contribution in [-0.2, 0) is 4.79 Å². The Morgan fingerprint density at radius 3 is 2.48 bits per heavy atom. The molecule has 2 aromatic rings. The molecule has 0 bridgehead atoms. The fourth-order valence-corrected chi connectivity index (χ4v) is 3.80. The fourth-order valence-electron chi connectivity index (χ4n) is 3.80. The maximum Gasteiger partial charge on any atom is 0.405 e. The van der Waals surface area contributed by atoms with E-state index in [1.807, 2.05) is 30.3 Å². The molecule has 2 N–H and O–H groups in total. The summed E-state index contributed by atoms with van der Waals surface area (Å²) in [5.41, 5.74) is 1.42. The second kappa shape index (κ2) is 7.66. The van der Waals surface area contributed by atoms with E-state index in [1.54, 1.807) is 6.08 Å². The molecule has 1 aliphatic carbocycles. The van der Waals surface area contributed by atoms with Gasteiger partial charge >= 0.3 is 6.09 Å². The lowest BCUT2D eigenvalue weighted by Gasteiger charge is -2.29. The zero-order valence-electron chi connectivity index (χ0n) is 15.5. The first kappa shape index (κ1) is 19.1. The van der Waals surface area contributed by atoms with E-state index in [4.69, 9.17) is 5.11 Å². The molecule has 2 aliphatic rings. The predicted octanol–water partition coefficient (Wildman–Crippen LogP) is 3.98. The summed E-state index contributed by atoms with van der Waals surface area (Å²) in [7, 11) is 0. The van der Waals surface area contributed by atoms with Gasteiger partial charge in [0.05, 0.1) is 6.04 Å². The first-order valence-electron chi connectivity index (χ1n) is 9.45. The maximum absolute atomic E-state index is 14.3. The van der Waals surface area contributed by atoms with Gasteiger partial charge in [-0.2, -0.15) is 0 Å². The van der Waals surface area contributed by atoms with Crippen LogP contribution < -0.4 is 5.32 Å². The van der Waals surface area contributed by atoms with Gasteiger partial charge in [-0.3, -0.25) is 4.79 Å². The van der Waals surface area contributed by atoms with E-state index in [9.17, 15) is 18.4 Å². The fraction of sp³-hybridized carbons (Fsp3) is 0.273. The van der Waals surface area contributed by atoms with Gasteiger partial charge in [0.25, 0.3) is 0 Å². The van der Waals surface area contributed by atoms with Crippen LogP contribution in [0.3, 0.4) is 0 Å². The smallest absolute Gasteiger partial charge is 0.405 e. The molecule has 0 saturated heterocycles. The van der Waals surface area contributed by atoms with Gasteiger partial charge in [-0.25, -0.2) is 13.6 Å². The Kier molecular flexibility index (Phi) is 5.05. The van der Waals surface area contributed by atoms with Gasteiger partial charge in [-0.1, -0.05) is 36.4 Å². The Bertz CT molecular complexity index is 973. The molecule has 0 radical (unpaired) electrons. The first-order chi connectivity index (χ1) is 13.9. The molecule has 0 aromatic heterocycles. The zero-order chi connectivity index (χ0) is 20.5. The number of nitrogens with zero attached hydrogens (tertiary/aromatic N) is 1. The second-order valence-corrected chi connectivity index (χ2v) is 7.40. The van der Waals surface area contributed by atoms with Crippen molar-refractivity contribution >= 4 is 17.6 Å². The molecule has 150 valence electrons. The Labute approximate surface area is 166 Å². The maximum atomic E-state index is 14.3. The molecule has 1 heterocycles. The highest BCUT2D eigenvalue weighted by Crippen LogP contribution is 2.39. The van der Waals surface area contributed by atoms with E-state index in [2.05, 4.69) is 5.32 Å². The number of benzene rings is 2. The van der Waals surface area contributed by atoms with Crippen molar-refractivity contribution in [1.82, 2.24) is 10.2 Å². The van der Waals surface area contributed by atoms with Gasteiger partial charge in [0.2, 0.25) is 5.91 Å². The number of rotatable bonds is 5. The Hall–Kier alpha value is -3.22. The van der Waals surface area contributed by atoms with Crippen LogP contribution in [-0.4, -0.2) is 34.6 Å². The number of carboxylic acid groups (broad SMARTS) is 1. The van der Waals surface area contributed by atoms with E-state index < -0.39 is 29.8 Å². The van der Waals surface area contributed by atoms with Crippen molar-refractivity contribution < 1.29 is 23.5 Å². The summed E-state index contributed by atoms with van der Waals surface area (Å²) in [6, 6.07) is 11.1. The molecular formula is C22H20F2N2O3. The average molecular weight is 398 g/mol. The van der Waals surface area contributed by atoms with E-state index in [-0.39, 0.29) is 23.9 Å². The average Bonchev–Trinajstić information content (AvgIpc) is 3.46. The quantitative estimate of drug-likeness (QED) is 0.801. The lowest BCUT2D eigenvalue weighted by atomic mass is 10.0. The predicted molar refractivity (Wildman–Crippen MR) is 103 cm³/mol. The number of nitrogens with one attached hydrogen (secondary N) is 1. The van der Waals surface area contributed by atoms with E-state index >= 15 is 0 Å². The van der Waals surface area contributed by atoms with Crippen LogP contribution in [0.1, 0.15) is 30.0 Å². The molecule has 0 spiro atoms. The molecule has 2 aromatic carbocycles. The van der Waals surface area contributed by atoms with Crippen molar-refractivity contribution in [2.75, 3.05) is 6.54 Å². The largest absolute Gasteiger partial charge is 0.465 e. The van der Waals surface area contributed by atoms with Crippen molar-refractivity contribution in [3.05, 3.63) is 77.4 Å². The van der Waals surface area contributed by atoms with Gasteiger partial charge in [-0.05, 0) is 48.1 Å². The van der Waals surface area contributed by atoms with Crippen LogP contribution in [0.2, 0.25) is 0 Å². The van der Waals surface area contributed by atoms with Crippen LogP contribution in [0.15, 0.2) is 54.6 Å². The van der Waals surface area contributed by atoms with Gasteiger partial charge < -0.3 is 15.3 Å². The summed E-state index contributed by atoms with van der Waals surface area (Å²) in [6.07, 6.45) is 2.05. The van der Waals surface area contributed by atoms with Crippen LogP contribution in [0.25, 0.3) is 5.57 Å². The highest BCUT2D eigenvalue weighted by molar-refractivity contribution is 5.89. The molecule has 5 nitrogen and oxygen atoms in total. The highest BCUT2D eigenvalue weighted by Gasteiger charge is 2.42. The number of hydrogen-bond acceptors (Lipinski definition) is 2. The Morgan fingerprint density at radius 2 is 1.83 bits per heavy atom. The van der Waals surface area contributed by atoms with Crippen LogP contribution in [0.5, 0.6) is 0 Å². The third kappa shape index (κ3) is 3.99. The van der Waals surface area contributed by atoms with Crippen molar-refractivity contribution in [3.8, 4) is 0 Å². The number of carbonyl (C=O) groups excluding carboxylic acids is 1. The summed E-state index contributed by atoms with van der Waals surface area (Å²) >= 11 is 0. The van der Waals surface area contributed by atoms with Crippen molar-refractivity contribution in [3.63, 3.8) is 0 Å². The molecule has 1 fully saturated rings. The van der Waals surface area contributed by atoms with Gasteiger partial charge in [0.1, 0.15) is 17.7 Å². The normalized spacial score (nSPS) is 19.6. The minimum absolute atomic E-state index is 0.0371. The third-order valence-corrected chi connectivity index (χ3v) is 5.37. The van der Waals surface area contributed by atoms with Crippen molar-refractivity contribution in [2.45, 2.75) is 24.9 Å². The van der Waals surface area contributed by atoms with Crippen LogP contribution in [0.4, 0.5) is 13.6 Å². The summed E-state index contributed by atoms with van der Waals surface area (Å²) < 4.78 is 28.1. The van der Waals surface area contributed by atoms with Gasteiger partial charge in [-0.15, -0.1) is 0 Å². The summed E-state index contributed by atoms with van der Waals surface area (Å²) in [4.78, 5) is 26.0. The molecule has 29 heavy (non-hydrogen) atoms. The molecule has 1 saturated carbocycles. The van der Waals surface area contributed by atoms with Gasteiger partial charge in [0.15, 0.2) is 0 Å². The lowest BCUT2D eigenvalue weighted by molar-refractivity contribution is -0.134. The second-order valence-electron chi connectivity index (χ2n) is 7.40. The number of hydrogen-bond donors (Lipinski definition) is 2. The van der Waals surface area contributed by atoms with Crippen molar-refractivity contribution in [1.29, 1.82) is 0 Å². The summed E-state index contributed by atoms with van der Waals surface area (Å²) in [6.45, 7) is 0.0727. The van der Waals surface area contributed by atoms with Crippen LogP contribution >= 0.6 is 0 Å². The lowest BCUT2D eigenvalue weighted by Crippen LogP contribution is -2.49. The molecule has 1 unspecified atom stereocenters. The van der Waals surface area contributed by atoms with Crippen LogP contribution in [0, 0.1) is 17.6 Å². The number of amides is 2. The van der Waals surface area contributed by atoms with E-state index in [0.717, 1.165) is 36.6 Å². The number of halogens is 2. The Morgan fingerprint density at radius 1 is 1.10 bits per heavy atom. The van der Waals surface area contributed by atoms with E-state index in [0.29, 0.717) is 5.57 Å². The summed E-state index contributed by atoms with van der Waals surface area (Å²) in [5.74, 6) is -1.52. The minimum atomic E-state index is -1.25. The number of carbonyl (C=O) groups is 2. The standard InChI is InChI=1S/C22H20F2N2O3/c23-16-8-9-18(24)17(11-16)15-10-19(13-4-2-1-3-5-13)26(12-15)21(27)20(14-6-7-14)25-22(28)29/h1-5,8-11,14,19-20,25H,6-7,12H2,(H,28,29)/t19-,20?/m0/s1. The monoisotopic (exact) mass is 398 g/mol. The first-order valence-corrected chi connectivity index (χ1v) is 9.45. The minimum Gasteiger partial charge on any atom is -0.465 e. The molecule has 7 heteroatoms. The summed E-state index contributed by atoms with van der Waals surface area (Å²) in [5, 5.41) is 11.5. The molecule has 4 rings (SSSR count).